The van der Waals surface area contributed by atoms with Crippen LogP contribution in [0.1, 0.15) is 39.2 Å². The van der Waals surface area contributed by atoms with Gasteiger partial charge < -0.3 is 11.1 Å². The number of hydrogen-bond acceptors (Lipinski definition) is 2. The van der Waals surface area contributed by atoms with Gasteiger partial charge in [0.05, 0.1) is 11.1 Å². The molecule has 0 saturated heterocycles. The normalized spacial score (nSPS) is 18.8. The van der Waals surface area contributed by atoms with Crippen molar-refractivity contribution in [1.29, 1.82) is 0 Å². The van der Waals surface area contributed by atoms with Crippen molar-refractivity contribution < 1.29 is 4.79 Å². The minimum Gasteiger partial charge on any atom is -0.346 e. The van der Waals surface area contributed by atoms with Gasteiger partial charge in [-0.05, 0) is 57.2 Å². The van der Waals surface area contributed by atoms with Crippen LogP contribution >= 0.6 is 15.9 Å². The third kappa shape index (κ3) is 3.18. The molecule has 104 valence electrons. The first-order chi connectivity index (χ1) is 8.73. The molecule has 0 radical (unpaired) electrons. The molecule has 1 aliphatic carbocycles. The van der Waals surface area contributed by atoms with Crippen LogP contribution < -0.4 is 11.1 Å². The van der Waals surface area contributed by atoms with Gasteiger partial charge in [0.15, 0.2) is 0 Å². The molecule has 19 heavy (non-hydrogen) atoms. The summed E-state index contributed by atoms with van der Waals surface area (Å²) in [5.41, 5.74) is 6.04. The average molecular weight is 325 g/mol. The molecule has 4 heteroatoms. The van der Waals surface area contributed by atoms with Crippen LogP contribution in [0, 0.1) is 5.92 Å². The molecule has 2 rings (SSSR count). The highest BCUT2D eigenvalue weighted by Gasteiger charge is 2.45. The van der Waals surface area contributed by atoms with Crippen LogP contribution in [0.15, 0.2) is 28.7 Å². The van der Waals surface area contributed by atoms with Crippen LogP contribution in [0.5, 0.6) is 0 Å². The van der Waals surface area contributed by atoms with Gasteiger partial charge in [0, 0.05) is 4.47 Å². The summed E-state index contributed by atoms with van der Waals surface area (Å²) in [6, 6.07) is 7.97. The summed E-state index contributed by atoms with van der Waals surface area (Å²) in [6.07, 6.45) is 2.11. The first-order valence-corrected chi connectivity index (χ1v) is 7.40. The quantitative estimate of drug-likeness (QED) is 0.894. The summed E-state index contributed by atoms with van der Waals surface area (Å²) < 4.78 is 1.03. The van der Waals surface area contributed by atoms with Crippen LogP contribution in [-0.4, -0.2) is 11.4 Å². The molecule has 1 atom stereocenters. The molecule has 1 aromatic carbocycles. The highest BCUT2D eigenvalue weighted by atomic mass is 79.9. The molecule has 0 heterocycles. The third-order valence-corrected chi connectivity index (χ3v) is 4.44. The fourth-order valence-electron chi connectivity index (χ4n) is 2.23. The monoisotopic (exact) mass is 324 g/mol. The van der Waals surface area contributed by atoms with Crippen molar-refractivity contribution in [3.63, 3.8) is 0 Å². The molecular weight excluding hydrogens is 304 g/mol. The van der Waals surface area contributed by atoms with Crippen molar-refractivity contribution in [2.45, 2.75) is 44.7 Å². The number of halogens is 1. The number of rotatable bonds is 4. The maximum absolute atomic E-state index is 12.4. The number of hydrogen-bond donors (Lipinski definition) is 2. The minimum atomic E-state index is -0.757. The highest BCUT2D eigenvalue weighted by molar-refractivity contribution is 9.10. The van der Waals surface area contributed by atoms with Crippen LogP contribution in [-0.2, 0) is 10.3 Å². The third-order valence-electron chi connectivity index (χ3n) is 3.91. The average Bonchev–Trinajstić information content (AvgIpc) is 3.12. The minimum absolute atomic E-state index is 0.0667. The van der Waals surface area contributed by atoms with Crippen LogP contribution in [0.4, 0.5) is 0 Å². The molecule has 1 aromatic rings. The van der Waals surface area contributed by atoms with E-state index < -0.39 is 11.1 Å². The predicted octanol–water partition coefficient (Wildman–Crippen LogP) is 2.93. The highest BCUT2D eigenvalue weighted by Crippen LogP contribution is 2.38. The van der Waals surface area contributed by atoms with E-state index in [0.29, 0.717) is 5.92 Å². The molecular formula is C15H21BrN2O. The van der Waals surface area contributed by atoms with Crippen molar-refractivity contribution >= 4 is 21.8 Å². The Hall–Kier alpha value is -0.870. The van der Waals surface area contributed by atoms with Crippen molar-refractivity contribution in [1.82, 2.24) is 5.32 Å². The zero-order valence-corrected chi connectivity index (χ0v) is 13.3. The largest absolute Gasteiger partial charge is 0.346 e. The summed E-state index contributed by atoms with van der Waals surface area (Å²) in [7, 11) is 0. The van der Waals surface area contributed by atoms with Crippen LogP contribution in [0.25, 0.3) is 0 Å². The molecule has 0 spiro atoms. The first-order valence-electron chi connectivity index (χ1n) is 6.61. The Bertz CT molecular complexity index is 475. The maximum Gasteiger partial charge on any atom is 0.240 e. The number of benzene rings is 1. The number of nitrogens with two attached hydrogens (primary N) is 1. The zero-order valence-electron chi connectivity index (χ0n) is 11.7. The Morgan fingerprint density at radius 2 is 1.79 bits per heavy atom. The van der Waals surface area contributed by atoms with E-state index in [1.165, 1.54) is 0 Å². The molecule has 1 saturated carbocycles. The Morgan fingerprint density at radius 3 is 2.26 bits per heavy atom. The van der Waals surface area contributed by atoms with E-state index in [2.05, 4.69) is 21.2 Å². The fraction of sp³-hybridized carbons (Fsp3) is 0.533. The fourth-order valence-corrected chi connectivity index (χ4v) is 2.49. The summed E-state index contributed by atoms with van der Waals surface area (Å²) >= 11 is 3.41. The molecule has 1 amide bonds. The van der Waals surface area contributed by atoms with Gasteiger partial charge in [0.2, 0.25) is 5.91 Å². The van der Waals surface area contributed by atoms with Crippen molar-refractivity contribution in [2.24, 2.45) is 11.7 Å². The van der Waals surface area contributed by atoms with E-state index in [9.17, 15) is 4.79 Å². The lowest BCUT2D eigenvalue weighted by Gasteiger charge is -2.32. The molecule has 0 unspecified atom stereocenters. The second kappa shape index (κ2) is 4.91. The van der Waals surface area contributed by atoms with Gasteiger partial charge in [0.25, 0.3) is 0 Å². The Kier molecular flexibility index (Phi) is 3.76. The van der Waals surface area contributed by atoms with Gasteiger partial charge in [-0.2, -0.15) is 0 Å². The van der Waals surface area contributed by atoms with Crippen molar-refractivity contribution in [2.75, 3.05) is 0 Å². The maximum atomic E-state index is 12.4. The van der Waals surface area contributed by atoms with Gasteiger partial charge in [-0.25, -0.2) is 0 Å². The lowest BCUT2D eigenvalue weighted by molar-refractivity contribution is -0.128. The Morgan fingerprint density at radius 1 is 1.26 bits per heavy atom. The Balaban J connectivity index is 2.12. The van der Waals surface area contributed by atoms with Gasteiger partial charge in [-0.3, -0.25) is 4.79 Å². The first kappa shape index (κ1) is 14.5. The van der Waals surface area contributed by atoms with Crippen molar-refractivity contribution in [3.8, 4) is 0 Å². The SMILES string of the molecule is CC(C)(NC(=O)[C@](C)(N)C1CC1)c1ccc(Br)cc1. The van der Waals surface area contributed by atoms with E-state index in [0.717, 1.165) is 22.9 Å². The molecule has 0 aromatic heterocycles. The van der Waals surface area contributed by atoms with E-state index in [1.807, 2.05) is 45.0 Å². The standard InChI is InChI=1S/C15H21BrN2O/c1-14(2,10-6-8-12(16)9-7-10)18-13(19)15(3,17)11-4-5-11/h6-9,11H,4-5,17H2,1-3H3,(H,18,19)/t15-/m1/s1. The summed E-state index contributed by atoms with van der Waals surface area (Å²) in [5.74, 6) is 0.260. The molecule has 1 aliphatic rings. The zero-order chi connectivity index (χ0) is 14.3. The van der Waals surface area contributed by atoms with E-state index in [1.54, 1.807) is 0 Å². The summed E-state index contributed by atoms with van der Waals surface area (Å²) in [6.45, 7) is 5.83. The number of amides is 1. The van der Waals surface area contributed by atoms with Gasteiger partial charge in [0.1, 0.15) is 0 Å². The lowest BCUT2D eigenvalue weighted by Crippen LogP contribution is -2.57. The van der Waals surface area contributed by atoms with E-state index in [4.69, 9.17) is 5.73 Å². The smallest absolute Gasteiger partial charge is 0.240 e. The second-order valence-electron chi connectivity index (χ2n) is 6.14. The number of carbonyl (C=O) groups is 1. The van der Waals surface area contributed by atoms with E-state index >= 15 is 0 Å². The van der Waals surface area contributed by atoms with Crippen LogP contribution in [0.3, 0.4) is 0 Å². The summed E-state index contributed by atoms with van der Waals surface area (Å²) in [4.78, 5) is 12.4. The van der Waals surface area contributed by atoms with Crippen molar-refractivity contribution in [3.05, 3.63) is 34.3 Å². The van der Waals surface area contributed by atoms with Gasteiger partial charge in [-0.1, -0.05) is 28.1 Å². The van der Waals surface area contributed by atoms with Gasteiger partial charge >= 0.3 is 0 Å². The van der Waals surface area contributed by atoms with E-state index in [-0.39, 0.29) is 5.91 Å². The Labute approximate surface area is 123 Å². The lowest BCUT2D eigenvalue weighted by atomic mass is 9.90. The molecule has 3 N–H and O–H groups in total. The van der Waals surface area contributed by atoms with Crippen LogP contribution in [0.2, 0.25) is 0 Å². The molecule has 0 aliphatic heterocycles. The molecule has 1 fully saturated rings. The molecule has 0 bridgehead atoms. The summed E-state index contributed by atoms with van der Waals surface area (Å²) in [5, 5.41) is 3.07. The second-order valence-corrected chi connectivity index (χ2v) is 7.06. The number of nitrogens with one attached hydrogen (secondary N) is 1. The predicted molar refractivity (Wildman–Crippen MR) is 80.6 cm³/mol. The van der Waals surface area contributed by atoms with Gasteiger partial charge in [-0.15, -0.1) is 0 Å². The molecule has 3 nitrogen and oxygen atoms in total. The number of carbonyl (C=O) groups excluding carboxylic acids is 1. The topological polar surface area (TPSA) is 55.1 Å².